The smallest absolute Gasteiger partial charge is 0.229 e. The van der Waals surface area contributed by atoms with Crippen molar-refractivity contribution in [2.24, 2.45) is 5.92 Å². The van der Waals surface area contributed by atoms with Gasteiger partial charge in [-0.25, -0.2) is 0 Å². The molecule has 0 saturated carbocycles. The molecule has 3 aromatic rings. The third-order valence-electron chi connectivity index (χ3n) is 4.78. The van der Waals surface area contributed by atoms with E-state index < -0.39 is 0 Å². The molecule has 0 radical (unpaired) electrons. The second-order valence-corrected chi connectivity index (χ2v) is 6.58. The van der Waals surface area contributed by atoms with E-state index >= 15 is 0 Å². The number of aromatic nitrogens is 2. The van der Waals surface area contributed by atoms with E-state index in [4.69, 9.17) is 5.26 Å². The number of nitrogens with one attached hydrogen (secondary N) is 1. The van der Waals surface area contributed by atoms with Crippen molar-refractivity contribution in [2.75, 3.05) is 18.4 Å². The Kier molecular flexibility index (Phi) is 4.28. The molecule has 1 N–H and O–H groups in total. The molecule has 6 heteroatoms. The molecular weight excluding hydrogens is 326 g/mol. The van der Waals surface area contributed by atoms with Crippen LogP contribution in [0.5, 0.6) is 0 Å². The molecule has 26 heavy (non-hydrogen) atoms. The molecule has 1 amide bonds. The molecule has 1 aromatic heterocycles. The highest BCUT2D eigenvalue weighted by Crippen LogP contribution is 2.22. The summed E-state index contributed by atoms with van der Waals surface area (Å²) in [6.07, 6.45) is 4.64. The van der Waals surface area contributed by atoms with Crippen molar-refractivity contribution in [1.29, 1.82) is 5.26 Å². The van der Waals surface area contributed by atoms with Crippen LogP contribution in [0.4, 0.5) is 5.69 Å². The van der Waals surface area contributed by atoms with Crippen LogP contribution >= 0.6 is 0 Å². The number of carbonyl (C=O) groups excluding carboxylic acids is 1. The zero-order valence-corrected chi connectivity index (χ0v) is 14.3. The van der Waals surface area contributed by atoms with Crippen molar-refractivity contribution in [2.45, 2.75) is 13.0 Å². The molecule has 0 aliphatic carbocycles. The minimum atomic E-state index is -0.133. The normalized spacial score (nSPS) is 16.6. The quantitative estimate of drug-likeness (QED) is 0.738. The lowest BCUT2D eigenvalue weighted by molar-refractivity contribution is -0.119. The fraction of sp³-hybridized carbons (Fsp3) is 0.250. The largest absolute Gasteiger partial charge is 0.326 e. The molecule has 1 fully saturated rings. The number of hydrogen-bond donors (Lipinski definition) is 1. The SMILES string of the molecule is N#CN1CCC(C(=O)Nc2ccc3c(cnn3Cc3ccccc3)c2)C1. The van der Waals surface area contributed by atoms with Gasteiger partial charge in [0.05, 0.1) is 24.2 Å². The number of carbonyl (C=O) groups is 1. The van der Waals surface area contributed by atoms with Crippen LogP contribution < -0.4 is 5.32 Å². The third-order valence-corrected chi connectivity index (χ3v) is 4.78. The van der Waals surface area contributed by atoms with Crippen LogP contribution in [0.3, 0.4) is 0 Å². The Labute approximate surface area is 151 Å². The maximum Gasteiger partial charge on any atom is 0.229 e. The molecule has 130 valence electrons. The summed E-state index contributed by atoms with van der Waals surface area (Å²) in [6.45, 7) is 1.86. The van der Waals surface area contributed by atoms with Gasteiger partial charge in [0.25, 0.3) is 0 Å². The summed E-state index contributed by atoms with van der Waals surface area (Å²) in [5, 5.41) is 17.3. The molecule has 1 unspecified atom stereocenters. The standard InChI is InChI=1S/C20H19N5O/c21-14-24-9-8-16(13-24)20(26)23-18-6-7-19-17(10-18)11-22-25(19)12-15-4-2-1-3-5-15/h1-7,10-11,16H,8-9,12-13H2,(H,23,26). The lowest BCUT2D eigenvalue weighted by Crippen LogP contribution is -2.25. The fourth-order valence-electron chi connectivity index (χ4n) is 3.36. The van der Waals surface area contributed by atoms with E-state index in [2.05, 4.69) is 28.7 Å². The number of rotatable bonds is 4. The third kappa shape index (κ3) is 3.24. The van der Waals surface area contributed by atoms with Gasteiger partial charge in [0.15, 0.2) is 6.19 Å². The molecule has 1 aliphatic heterocycles. The van der Waals surface area contributed by atoms with Crippen LogP contribution in [0.1, 0.15) is 12.0 Å². The first-order chi connectivity index (χ1) is 12.7. The molecule has 2 heterocycles. The Morgan fingerprint density at radius 2 is 2.12 bits per heavy atom. The zero-order chi connectivity index (χ0) is 17.9. The van der Waals surface area contributed by atoms with Crippen molar-refractivity contribution >= 4 is 22.5 Å². The molecule has 1 aliphatic rings. The van der Waals surface area contributed by atoms with Crippen molar-refractivity contribution in [3.63, 3.8) is 0 Å². The molecule has 1 atom stereocenters. The summed E-state index contributed by atoms with van der Waals surface area (Å²) in [5.41, 5.74) is 2.98. The van der Waals surface area contributed by atoms with Gasteiger partial charge >= 0.3 is 0 Å². The number of nitrogens with zero attached hydrogens (tertiary/aromatic N) is 4. The van der Waals surface area contributed by atoms with Gasteiger partial charge in [0, 0.05) is 24.2 Å². The number of benzene rings is 2. The highest BCUT2D eigenvalue weighted by Gasteiger charge is 2.27. The van der Waals surface area contributed by atoms with Gasteiger partial charge in [-0.05, 0) is 30.2 Å². The Morgan fingerprint density at radius 3 is 2.88 bits per heavy atom. The highest BCUT2D eigenvalue weighted by molar-refractivity contribution is 5.95. The van der Waals surface area contributed by atoms with E-state index in [1.165, 1.54) is 5.56 Å². The zero-order valence-electron chi connectivity index (χ0n) is 14.3. The number of likely N-dealkylation sites (tertiary alicyclic amines) is 1. The molecule has 4 rings (SSSR count). The molecule has 0 bridgehead atoms. The molecule has 1 saturated heterocycles. The van der Waals surface area contributed by atoms with E-state index in [9.17, 15) is 4.79 Å². The van der Waals surface area contributed by atoms with Gasteiger partial charge in [0.1, 0.15) is 0 Å². The van der Waals surface area contributed by atoms with Gasteiger partial charge in [-0.15, -0.1) is 0 Å². The summed E-state index contributed by atoms with van der Waals surface area (Å²) in [6, 6.07) is 16.0. The van der Waals surface area contributed by atoms with E-state index in [1.807, 2.05) is 47.3 Å². The molecule has 0 spiro atoms. The van der Waals surface area contributed by atoms with Crippen LogP contribution in [0, 0.1) is 17.4 Å². The number of hydrogen-bond acceptors (Lipinski definition) is 4. The van der Waals surface area contributed by atoms with Gasteiger partial charge in [-0.3, -0.25) is 9.48 Å². The van der Waals surface area contributed by atoms with E-state index in [0.29, 0.717) is 19.6 Å². The number of nitriles is 1. The highest BCUT2D eigenvalue weighted by atomic mass is 16.1. The minimum Gasteiger partial charge on any atom is -0.326 e. The van der Waals surface area contributed by atoms with E-state index in [0.717, 1.165) is 23.0 Å². The Hall–Kier alpha value is -3.33. The average molecular weight is 345 g/mol. The van der Waals surface area contributed by atoms with Crippen molar-refractivity contribution in [1.82, 2.24) is 14.7 Å². The molecule has 6 nitrogen and oxygen atoms in total. The predicted molar refractivity (Wildman–Crippen MR) is 99.2 cm³/mol. The maximum atomic E-state index is 12.4. The summed E-state index contributed by atoms with van der Waals surface area (Å²) < 4.78 is 1.96. The lowest BCUT2D eigenvalue weighted by atomic mass is 10.1. The van der Waals surface area contributed by atoms with Crippen LogP contribution in [-0.4, -0.2) is 33.7 Å². The summed E-state index contributed by atoms with van der Waals surface area (Å²) in [7, 11) is 0. The number of fused-ring (bicyclic) bond motifs is 1. The monoisotopic (exact) mass is 345 g/mol. The van der Waals surface area contributed by atoms with Gasteiger partial charge in [-0.1, -0.05) is 30.3 Å². The first kappa shape index (κ1) is 16.2. The van der Waals surface area contributed by atoms with Crippen LogP contribution in [-0.2, 0) is 11.3 Å². The minimum absolute atomic E-state index is 0.0289. The van der Waals surface area contributed by atoms with Crippen molar-refractivity contribution < 1.29 is 4.79 Å². The average Bonchev–Trinajstić information content (AvgIpc) is 3.30. The topological polar surface area (TPSA) is 74.0 Å². The number of anilines is 1. The second-order valence-electron chi connectivity index (χ2n) is 6.58. The Balaban J connectivity index is 1.48. The Bertz CT molecular complexity index is 973. The summed E-state index contributed by atoms with van der Waals surface area (Å²) in [4.78, 5) is 14.0. The molecular formula is C20H19N5O. The van der Waals surface area contributed by atoms with Crippen molar-refractivity contribution in [3.05, 3.63) is 60.3 Å². The summed E-state index contributed by atoms with van der Waals surface area (Å²) >= 11 is 0. The maximum absolute atomic E-state index is 12.4. The fourth-order valence-corrected chi connectivity index (χ4v) is 3.36. The van der Waals surface area contributed by atoms with Gasteiger partial charge in [-0.2, -0.15) is 10.4 Å². The first-order valence-corrected chi connectivity index (χ1v) is 8.68. The molecule has 2 aromatic carbocycles. The van der Waals surface area contributed by atoms with Crippen LogP contribution in [0.2, 0.25) is 0 Å². The number of amides is 1. The first-order valence-electron chi connectivity index (χ1n) is 8.68. The van der Waals surface area contributed by atoms with E-state index in [1.54, 1.807) is 4.90 Å². The van der Waals surface area contributed by atoms with Gasteiger partial charge in [0.2, 0.25) is 5.91 Å². The second kappa shape index (κ2) is 6.89. The lowest BCUT2D eigenvalue weighted by Gasteiger charge is -2.11. The van der Waals surface area contributed by atoms with Crippen molar-refractivity contribution in [3.8, 4) is 6.19 Å². The van der Waals surface area contributed by atoms with Gasteiger partial charge < -0.3 is 10.2 Å². The van der Waals surface area contributed by atoms with Crippen LogP contribution in [0.15, 0.2) is 54.7 Å². The predicted octanol–water partition coefficient (Wildman–Crippen LogP) is 2.83. The summed E-state index contributed by atoms with van der Waals surface area (Å²) in [5.74, 6) is -0.162. The van der Waals surface area contributed by atoms with Crippen LogP contribution in [0.25, 0.3) is 10.9 Å². The van der Waals surface area contributed by atoms with E-state index in [-0.39, 0.29) is 11.8 Å². The Morgan fingerprint density at radius 1 is 1.27 bits per heavy atom.